The first kappa shape index (κ1) is 16.9. The van der Waals surface area contributed by atoms with E-state index in [-0.39, 0.29) is 0 Å². The lowest BCUT2D eigenvalue weighted by Gasteiger charge is -2.15. The molecule has 1 atom stereocenters. The molecule has 0 saturated heterocycles. The Morgan fingerprint density at radius 1 is 1.17 bits per heavy atom. The van der Waals surface area contributed by atoms with Gasteiger partial charge in [0.05, 0.1) is 12.7 Å². The molecule has 0 aliphatic heterocycles. The van der Waals surface area contributed by atoms with Gasteiger partial charge in [-0.15, -0.1) is 0 Å². The number of nitrogens with zero attached hydrogens (tertiary/aromatic N) is 3. The molecule has 0 bridgehead atoms. The molecule has 0 aliphatic rings. The molecule has 6 heteroatoms. The van der Waals surface area contributed by atoms with Crippen LogP contribution >= 0.6 is 23.8 Å². The van der Waals surface area contributed by atoms with Gasteiger partial charge in [0.2, 0.25) is 4.77 Å². The number of hydrogen-bond acceptors (Lipinski definition) is 2. The summed E-state index contributed by atoms with van der Waals surface area (Å²) < 4.78 is 4.40. The van der Waals surface area contributed by atoms with Gasteiger partial charge >= 0.3 is 0 Å². The van der Waals surface area contributed by atoms with Gasteiger partial charge in [0, 0.05) is 10.6 Å². The van der Waals surface area contributed by atoms with E-state index < -0.39 is 0 Å². The van der Waals surface area contributed by atoms with Crippen LogP contribution in [-0.2, 0) is 13.2 Å². The predicted octanol–water partition coefficient (Wildman–Crippen LogP) is 3.04. The number of hydrogen-bond donors (Lipinski definition) is 1. The molecule has 124 valence electrons. The van der Waals surface area contributed by atoms with E-state index in [1.165, 1.54) is 16.0 Å². The van der Waals surface area contributed by atoms with Crippen LogP contribution in [0.5, 0.6) is 0 Å². The lowest BCUT2D eigenvalue weighted by molar-refractivity contribution is -0.917. The van der Waals surface area contributed by atoms with Crippen molar-refractivity contribution in [3.63, 3.8) is 0 Å². The van der Waals surface area contributed by atoms with Crippen LogP contribution < -0.4 is 4.90 Å². The summed E-state index contributed by atoms with van der Waals surface area (Å²) in [4.78, 5) is 1.32. The van der Waals surface area contributed by atoms with Gasteiger partial charge in [-0.2, -0.15) is 9.78 Å². The average Bonchev–Trinajstić information content (AvgIpc) is 2.90. The molecule has 0 spiro atoms. The zero-order valence-corrected chi connectivity index (χ0v) is 15.3. The van der Waals surface area contributed by atoms with Crippen LogP contribution in [-0.4, -0.2) is 21.4 Å². The molecule has 1 N–H and O–H groups in total. The Morgan fingerprint density at radius 2 is 1.96 bits per heavy atom. The minimum atomic E-state index is 0.668. The first-order chi connectivity index (χ1) is 11.5. The van der Waals surface area contributed by atoms with Gasteiger partial charge in [0.25, 0.3) is 0 Å². The van der Waals surface area contributed by atoms with Crippen molar-refractivity contribution in [2.75, 3.05) is 7.05 Å². The smallest absolute Gasteiger partial charge is 0.207 e. The van der Waals surface area contributed by atoms with E-state index in [1.54, 1.807) is 6.33 Å². The van der Waals surface area contributed by atoms with Crippen molar-refractivity contribution >= 4 is 23.8 Å². The molecule has 0 fully saturated rings. The summed E-state index contributed by atoms with van der Waals surface area (Å²) in [5.41, 5.74) is 3.58. The lowest BCUT2D eigenvalue weighted by Crippen LogP contribution is -3.07. The van der Waals surface area contributed by atoms with E-state index in [4.69, 9.17) is 23.8 Å². The maximum absolute atomic E-state index is 6.06. The standard InChI is InChI=1S/C18H19ClN4S/c1-14-6-3-4-7-15(14)11-21(2)13-23-18(24)22(12-20-23)17-9-5-8-16(19)10-17/h3-10,12H,11,13H2,1-2H3/p+1. The summed E-state index contributed by atoms with van der Waals surface area (Å²) in [5.74, 6) is 0. The van der Waals surface area contributed by atoms with Crippen LogP contribution in [0.25, 0.3) is 5.69 Å². The van der Waals surface area contributed by atoms with Gasteiger partial charge < -0.3 is 4.90 Å². The molecule has 1 unspecified atom stereocenters. The summed E-state index contributed by atoms with van der Waals surface area (Å²) in [6.07, 6.45) is 1.75. The Kier molecular flexibility index (Phi) is 5.14. The van der Waals surface area contributed by atoms with Crippen LogP contribution in [0.2, 0.25) is 5.02 Å². The second kappa shape index (κ2) is 7.30. The number of nitrogens with one attached hydrogen (secondary N) is 1. The number of rotatable bonds is 5. The number of aryl methyl sites for hydroxylation is 1. The molecule has 1 aromatic heterocycles. The molecular weight excluding hydrogens is 340 g/mol. The highest BCUT2D eigenvalue weighted by Crippen LogP contribution is 2.14. The van der Waals surface area contributed by atoms with Gasteiger partial charge in [-0.3, -0.25) is 4.57 Å². The van der Waals surface area contributed by atoms with Gasteiger partial charge in [-0.05, 0) is 42.9 Å². The summed E-state index contributed by atoms with van der Waals surface area (Å²) >= 11 is 11.6. The second-order valence-corrected chi connectivity index (χ2v) is 6.78. The van der Waals surface area contributed by atoms with E-state index in [0.717, 1.165) is 12.2 Å². The largest absolute Gasteiger partial charge is 0.315 e. The van der Waals surface area contributed by atoms with Crippen LogP contribution in [0.3, 0.4) is 0 Å². The highest BCUT2D eigenvalue weighted by atomic mass is 35.5. The zero-order valence-electron chi connectivity index (χ0n) is 13.7. The quantitative estimate of drug-likeness (QED) is 0.709. The van der Waals surface area contributed by atoms with Gasteiger partial charge in [-0.25, -0.2) is 0 Å². The highest BCUT2D eigenvalue weighted by molar-refractivity contribution is 7.71. The zero-order chi connectivity index (χ0) is 17.1. The minimum Gasteiger partial charge on any atom is -0.315 e. The molecule has 0 radical (unpaired) electrons. The Labute approximate surface area is 151 Å². The normalized spacial score (nSPS) is 12.3. The summed E-state index contributed by atoms with van der Waals surface area (Å²) in [6, 6.07) is 16.1. The van der Waals surface area contributed by atoms with Gasteiger partial charge in [0.1, 0.15) is 12.9 Å². The summed E-state index contributed by atoms with van der Waals surface area (Å²) in [7, 11) is 2.15. The SMILES string of the molecule is Cc1ccccc1C[NH+](C)Cn1ncn(-c2cccc(Cl)c2)c1=S. The van der Waals surface area contributed by atoms with Crippen molar-refractivity contribution in [2.45, 2.75) is 20.1 Å². The molecule has 2 aromatic carbocycles. The average molecular weight is 360 g/mol. The summed E-state index contributed by atoms with van der Waals surface area (Å²) in [5, 5.41) is 5.12. The molecule has 0 amide bonds. The second-order valence-electron chi connectivity index (χ2n) is 5.98. The first-order valence-electron chi connectivity index (χ1n) is 7.81. The fourth-order valence-corrected chi connectivity index (χ4v) is 3.14. The van der Waals surface area contributed by atoms with Crippen LogP contribution in [0.4, 0.5) is 0 Å². The molecule has 3 rings (SSSR count). The highest BCUT2D eigenvalue weighted by Gasteiger charge is 2.10. The fourth-order valence-electron chi connectivity index (χ4n) is 2.69. The van der Waals surface area contributed by atoms with Crippen LogP contribution in [0, 0.1) is 11.7 Å². The van der Waals surface area contributed by atoms with Crippen molar-refractivity contribution in [3.05, 3.63) is 75.8 Å². The van der Waals surface area contributed by atoms with E-state index in [2.05, 4.69) is 43.3 Å². The van der Waals surface area contributed by atoms with Crippen molar-refractivity contribution < 1.29 is 4.90 Å². The molecule has 0 saturated carbocycles. The van der Waals surface area contributed by atoms with Gasteiger partial charge in [0.15, 0.2) is 6.67 Å². The minimum absolute atomic E-state index is 0.668. The van der Waals surface area contributed by atoms with Crippen molar-refractivity contribution in [1.82, 2.24) is 14.3 Å². The monoisotopic (exact) mass is 359 g/mol. The van der Waals surface area contributed by atoms with Gasteiger partial charge in [-0.1, -0.05) is 41.9 Å². The molecule has 3 aromatic rings. The van der Waals surface area contributed by atoms with E-state index in [9.17, 15) is 0 Å². The number of benzene rings is 2. The van der Waals surface area contributed by atoms with Crippen molar-refractivity contribution in [1.29, 1.82) is 0 Å². The molecular formula is C18H20ClN4S+. The number of aromatic nitrogens is 3. The van der Waals surface area contributed by atoms with Crippen molar-refractivity contribution in [2.24, 2.45) is 0 Å². The fraction of sp³-hybridized carbons (Fsp3) is 0.222. The third kappa shape index (κ3) is 3.75. The molecule has 1 heterocycles. The van der Waals surface area contributed by atoms with E-state index in [1.807, 2.05) is 33.5 Å². The Morgan fingerprint density at radius 3 is 2.71 bits per heavy atom. The van der Waals surface area contributed by atoms with E-state index in [0.29, 0.717) is 16.5 Å². The maximum Gasteiger partial charge on any atom is 0.207 e. The van der Waals surface area contributed by atoms with Crippen LogP contribution in [0.1, 0.15) is 11.1 Å². The Bertz CT molecular complexity index is 900. The molecule has 0 aliphatic carbocycles. The predicted molar refractivity (Wildman–Crippen MR) is 99.2 cm³/mol. The lowest BCUT2D eigenvalue weighted by atomic mass is 10.1. The first-order valence-corrected chi connectivity index (χ1v) is 8.59. The Balaban J connectivity index is 1.77. The third-order valence-corrected chi connectivity index (χ3v) is 4.64. The molecule has 4 nitrogen and oxygen atoms in total. The number of halogens is 1. The Hall–Kier alpha value is -1.95. The van der Waals surface area contributed by atoms with Crippen molar-refractivity contribution in [3.8, 4) is 5.69 Å². The maximum atomic E-state index is 6.06. The topological polar surface area (TPSA) is 27.2 Å². The molecule has 24 heavy (non-hydrogen) atoms. The number of quaternary nitrogens is 1. The van der Waals surface area contributed by atoms with Crippen LogP contribution in [0.15, 0.2) is 54.9 Å². The summed E-state index contributed by atoms with van der Waals surface area (Å²) in [6.45, 7) is 3.78. The van der Waals surface area contributed by atoms with E-state index >= 15 is 0 Å². The third-order valence-electron chi connectivity index (χ3n) is 3.99.